The molecule has 124 valence electrons. The lowest BCUT2D eigenvalue weighted by molar-refractivity contribution is -0.143. The Bertz CT molecular complexity index is 865. The maximum absolute atomic E-state index is 11.9. The zero-order chi connectivity index (χ0) is 16.8. The van der Waals surface area contributed by atoms with E-state index in [0.717, 1.165) is 16.6 Å². The van der Waals surface area contributed by atoms with Crippen molar-refractivity contribution >= 4 is 17.0 Å². The second-order valence-electron chi connectivity index (χ2n) is 5.66. The van der Waals surface area contributed by atoms with Crippen LogP contribution in [0, 0.1) is 0 Å². The molecule has 0 spiro atoms. The van der Waals surface area contributed by atoms with Gasteiger partial charge in [0.2, 0.25) is 0 Å². The van der Waals surface area contributed by atoms with Gasteiger partial charge in [0.15, 0.2) is 0 Å². The number of hydrogen-bond donors (Lipinski definition) is 1. The van der Waals surface area contributed by atoms with Crippen LogP contribution < -0.4 is 5.69 Å². The number of H-pyrrole nitrogens is 1. The zero-order valence-electron chi connectivity index (χ0n) is 13.4. The number of nitrogens with zero attached hydrogens (tertiary/aromatic N) is 1. The predicted molar refractivity (Wildman–Crippen MR) is 92.9 cm³/mol. The molecule has 3 rings (SSSR count). The number of fused-ring (bicyclic) bond motifs is 1. The molecule has 1 N–H and O–H groups in total. The highest BCUT2D eigenvalue weighted by Gasteiger charge is 2.07. The number of carbonyl (C=O) groups is 1. The number of carbonyl (C=O) groups excluding carboxylic acids is 1. The molecule has 0 saturated heterocycles. The van der Waals surface area contributed by atoms with Crippen molar-refractivity contribution < 1.29 is 9.53 Å². The topological polar surface area (TPSA) is 64.1 Å². The molecule has 3 aromatic rings. The van der Waals surface area contributed by atoms with Crippen LogP contribution in [0.15, 0.2) is 59.4 Å². The van der Waals surface area contributed by atoms with Crippen molar-refractivity contribution in [2.45, 2.75) is 25.8 Å². The molecule has 0 bridgehead atoms. The molecule has 0 unspecified atom stereocenters. The van der Waals surface area contributed by atoms with Crippen LogP contribution in [0.1, 0.15) is 18.4 Å². The molecule has 5 nitrogen and oxygen atoms in total. The minimum Gasteiger partial charge on any atom is -0.466 e. The van der Waals surface area contributed by atoms with E-state index in [1.54, 1.807) is 4.57 Å². The summed E-state index contributed by atoms with van der Waals surface area (Å²) in [6, 6.07) is 17.4. The predicted octanol–water partition coefficient (Wildman–Crippen LogP) is 2.90. The molecule has 1 heterocycles. The summed E-state index contributed by atoms with van der Waals surface area (Å²) in [5.41, 5.74) is 2.69. The molecule has 0 saturated carbocycles. The van der Waals surface area contributed by atoms with E-state index in [4.69, 9.17) is 4.74 Å². The summed E-state index contributed by atoms with van der Waals surface area (Å²) < 4.78 is 6.92. The number of aromatic nitrogens is 2. The Morgan fingerprint density at radius 3 is 2.62 bits per heavy atom. The fraction of sp³-hybridized carbons (Fsp3) is 0.263. The molecule has 0 aliphatic heterocycles. The second-order valence-corrected chi connectivity index (χ2v) is 5.66. The van der Waals surface area contributed by atoms with E-state index in [2.05, 4.69) is 4.98 Å². The number of aromatic amines is 1. The maximum Gasteiger partial charge on any atom is 0.326 e. The van der Waals surface area contributed by atoms with Crippen molar-refractivity contribution in [2.75, 3.05) is 6.61 Å². The van der Waals surface area contributed by atoms with Crippen LogP contribution in [0.2, 0.25) is 0 Å². The quantitative estimate of drug-likeness (QED) is 0.537. The Morgan fingerprint density at radius 1 is 1.04 bits per heavy atom. The number of benzene rings is 2. The summed E-state index contributed by atoms with van der Waals surface area (Å²) in [5, 5.41) is 0. The summed E-state index contributed by atoms with van der Waals surface area (Å²) in [7, 11) is 0. The van der Waals surface area contributed by atoms with Crippen molar-refractivity contribution in [3.8, 4) is 0 Å². The first-order valence-electron chi connectivity index (χ1n) is 8.11. The molecule has 1 aromatic heterocycles. The summed E-state index contributed by atoms with van der Waals surface area (Å²) in [6.07, 6.45) is 1.66. The maximum atomic E-state index is 11.9. The monoisotopic (exact) mass is 324 g/mol. The third-order valence-corrected chi connectivity index (χ3v) is 3.93. The lowest BCUT2D eigenvalue weighted by atomic mass is 10.1. The first kappa shape index (κ1) is 16.1. The Hall–Kier alpha value is -2.82. The van der Waals surface area contributed by atoms with E-state index in [1.807, 2.05) is 54.6 Å². The minimum absolute atomic E-state index is 0.133. The molecular weight excluding hydrogens is 304 g/mol. The lowest BCUT2D eigenvalue weighted by Gasteiger charge is -2.06. The van der Waals surface area contributed by atoms with Crippen molar-refractivity contribution in [2.24, 2.45) is 0 Å². The first-order valence-corrected chi connectivity index (χ1v) is 8.11. The third kappa shape index (κ3) is 3.93. The molecule has 0 radical (unpaired) electrons. The normalized spacial score (nSPS) is 10.8. The van der Waals surface area contributed by atoms with Gasteiger partial charge >= 0.3 is 11.7 Å². The standard InChI is InChI=1S/C19H20N2O3/c22-18(12-11-15-7-2-1-3-8-15)24-14-6-13-21-17-10-5-4-9-16(17)20-19(21)23/h1-5,7-10H,6,11-14H2,(H,20,23). The van der Waals surface area contributed by atoms with Gasteiger partial charge < -0.3 is 9.72 Å². The van der Waals surface area contributed by atoms with Crippen molar-refractivity contribution in [1.82, 2.24) is 9.55 Å². The third-order valence-electron chi connectivity index (χ3n) is 3.93. The van der Waals surface area contributed by atoms with Gasteiger partial charge in [0.05, 0.1) is 17.6 Å². The number of rotatable bonds is 7. The van der Waals surface area contributed by atoms with E-state index in [1.165, 1.54) is 0 Å². The van der Waals surface area contributed by atoms with E-state index >= 15 is 0 Å². The van der Waals surface area contributed by atoms with Crippen molar-refractivity contribution in [3.05, 3.63) is 70.6 Å². The highest BCUT2D eigenvalue weighted by Crippen LogP contribution is 2.09. The van der Waals surface area contributed by atoms with E-state index in [0.29, 0.717) is 32.4 Å². The van der Waals surface area contributed by atoms with Crippen LogP contribution in [0.5, 0.6) is 0 Å². The largest absolute Gasteiger partial charge is 0.466 e. The molecule has 2 aromatic carbocycles. The van der Waals surface area contributed by atoms with E-state index in [-0.39, 0.29) is 11.7 Å². The van der Waals surface area contributed by atoms with Crippen LogP contribution in [-0.2, 0) is 22.5 Å². The molecule has 0 aliphatic rings. The van der Waals surface area contributed by atoms with Gasteiger partial charge in [0.1, 0.15) is 0 Å². The highest BCUT2D eigenvalue weighted by molar-refractivity contribution is 5.74. The van der Waals surface area contributed by atoms with Crippen LogP contribution in [0.4, 0.5) is 0 Å². The Kier molecular flexibility index (Phi) is 5.11. The molecule has 0 atom stereocenters. The highest BCUT2D eigenvalue weighted by atomic mass is 16.5. The zero-order valence-corrected chi connectivity index (χ0v) is 13.4. The summed E-state index contributed by atoms with van der Waals surface area (Å²) in [5.74, 6) is -0.204. The van der Waals surface area contributed by atoms with E-state index in [9.17, 15) is 9.59 Å². The average Bonchev–Trinajstić information content (AvgIpc) is 2.93. The number of hydrogen-bond acceptors (Lipinski definition) is 3. The van der Waals surface area contributed by atoms with Gasteiger partial charge in [0.25, 0.3) is 0 Å². The lowest BCUT2D eigenvalue weighted by Crippen LogP contribution is -2.18. The van der Waals surface area contributed by atoms with Crippen molar-refractivity contribution in [3.63, 3.8) is 0 Å². The Morgan fingerprint density at radius 2 is 1.79 bits per heavy atom. The van der Waals surface area contributed by atoms with Crippen molar-refractivity contribution in [1.29, 1.82) is 0 Å². The molecular formula is C19H20N2O3. The number of esters is 1. The van der Waals surface area contributed by atoms with Gasteiger partial charge in [-0.3, -0.25) is 9.36 Å². The van der Waals surface area contributed by atoms with E-state index < -0.39 is 0 Å². The summed E-state index contributed by atoms with van der Waals surface area (Å²) >= 11 is 0. The Balaban J connectivity index is 1.44. The van der Waals surface area contributed by atoms with Crippen LogP contribution in [0.3, 0.4) is 0 Å². The number of imidazole rings is 1. The van der Waals surface area contributed by atoms with Gasteiger partial charge in [-0.15, -0.1) is 0 Å². The van der Waals surface area contributed by atoms with Crippen LogP contribution in [-0.4, -0.2) is 22.1 Å². The molecule has 0 fully saturated rings. The summed E-state index contributed by atoms with van der Waals surface area (Å²) in [4.78, 5) is 26.5. The fourth-order valence-corrected chi connectivity index (χ4v) is 2.70. The molecule has 0 amide bonds. The summed E-state index contributed by atoms with van der Waals surface area (Å²) in [6.45, 7) is 0.842. The van der Waals surface area contributed by atoms with Gasteiger partial charge in [0, 0.05) is 13.0 Å². The smallest absolute Gasteiger partial charge is 0.326 e. The molecule has 5 heteroatoms. The number of para-hydroxylation sites is 2. The van der Waals surface area contributed by atoms with Gasteiger partial charge in [-0.05, 0) is 30.5 Å². The number of nitrogens with one attached hydrogen (secondary N) is 1. The fourth-order valence-electron chi connectivity index (χ4n) is 2.70. The van der Waals surface area contributed by atoms with Gasteiger partial charge in [-0.2, -0.15) is 0 Å². The van der Waals surface area contributed by atoms with Gasteiger partial charge in [-0.25, -0.2) is 4.79 Å². The molecule has 24 heavy (non-hydrogen) atoms. The second kappa shape index (κ2) is 7.64. The average molecular weight is 324 g/mol. The first-order chi connectivity index (χ1) is 11.7. The number of ether oxygens (including phenoxy) is 1. The number of aryl methyl sites for hydroxylation is 2. The molecule has 0 aliphatic carbocycles. The minimum atomic E-state index is -0.204. The van der Waals surface area contributed by atoms with Crippen LogP contribution >= 0.6 is 0 Å². The van der Waals surface area contributed by atoms with Crippen LogP contribution in [0.25, 0.3) is 11.0 Å². The SMILES string of the molecule is O=C(CCc1ccccc1)OCCCn1c(=O)[nH]c2ccccc21. The Labute approximate surface area is 139 Å². The van der Waals surface area contributed by atoms with Gasteiger partial charge in [-0.1, -0.05) is 42.5 Å².